The van der Waals surface area contributed by atoms with E-state index in [1.165, 1.54) is 0 Å². The van der Waals surface area contributed by atoms with Crippen LogP contribution >= 0.6 is 0 Å². The van der Waals surface area contributed by atoms with Crippen molar-refractivity contribution in [2.45, 2.75) is 6.42 Å². The molecular formula is C18H19N5O3. The maximum Gasteiger partial charge on any atom is 0.317 e. The Kier molecular flexibility index (Phi) is 5.17. The summed E-state index contributed by atoms with van der Waals surface area (Å²) in [6.45, 7) is 2.30. The van der Waals surface area contributed by atoms with Crippen molar-refractivity contribution < 1.29 is 14.7 Å². The highest BCUT2D eigenvalue weighted by Gasteiger charge is 2.24. The zero-order valence-corrected chi connectivity index (χ0v) is 14.2. The van der Waals surface area contributed by atoms with Crippen molar-refractivity contribution in [3.63, 3.8) is 0 Å². The Bertz CT molecular complexity index is 869. The van der Waals surface area contributed by atoms with Gasteiger partial charge in [-0.15, -0.1) is 0 Å². The third-order valence-electron chi connectivity index (χ3n) is 4.37. The van der Waals surface area contributed by atoms with Gasteiger partial charge < -0.3 is 20.2 Å². The molecule has 3 rings (SSSR count). The predicted octanol–water partition coefficient (Wildman–Crippen LogP) is 1.41. The highest BCUT2D eigenvalue weighted by Crippen LogP contribution is 2.29. The van der Waals surface area contributed by atoms with Gasteiger partial charge >= 0.3 is 12.0 Å². The average Bonchev–Trinajstić information content (AvgIpc) is 2.66. The number of piperazine rings is 1. The number of amides is 2. The van der Waals surface area contributed by atoms with Gasteiger partial charge in [-0.3, -0.25) is 9.78 Å². The van der Waals surface area contributed by atoms with Crippen LogP contribution in [0.25, 0.3) is 10.9 Å². The number of aromatic nitrogens is 1. The van der Waals surface area contributed by atoms with Gasteiger partial charge in [-0.25, -0.2) is 4.79 Å². The summed E-state index contributed by atoms with van der Waals surface area (Å²) < 4.78 is 0. The van der Waals surface area contributed by atoms with Crippen LogP contribution in [0.2, 0.25) is 0 Å². The van der Waals surface area contributed by atoms with Gasteiger partial charge in [0.25, 0.3) is 0 Å². The van der Waals surface area contributed by atoms with Crippen molar-refractivity contribution in [2.24, 2.45) is 0 Å². The first-order chi connectivity index (χ1) is 12.6. The zero-order chi connectivity index (χ0) is 18.5. The van der Waals surface area contributed by atoms with Crippen LogP contribution in [0.1, 0.15) is 12.0 Å². The maximum atomic E-state index is 12.1. The molecule has 26 heavy (non-hydrogen) atoms. The highest BCUT2D eigenvalue weighted by molar-refractivity contribution is 5.94. The van der Waals surface area contributed by atoms with E-state index in [1.807, 2.05) is 24.3 Å². The second-order valence-electron chi connectivity index (χ2n) is 6.00. The fourth-order valence-electron chi connectivity index (χ4n) is 3.07. The quantitative estimate of drug-likeness (QED) is 0.860. The average molecular weight is 353 g/mol. The first kappa shape index (κ1) is 17.5. The molecule has 0 atom stereocenters. The number of para-hydroxylation sites is 1. The lowest BCUT2D eigenvalue weighted by Crippen LogP contribution is -2.52. The number of fused-ring (bicyclic) bond motifs is 1. The Hall–Kier alpha value is -3.34. The van der Waals surface area contributed by atoms with Crippen LogP contribution in [0, 0.1) is 11.3 Å². The number of carboxylic acid groups (broad SMARTS) is 1. The molecule has 1 aromatic heterocycles. The van der Waals surface area contributed by atoms with Gasteiger partial charge in [0.1, 0.15) is 6.07 Å². The largest absolute Gasteiger partial charge is 0.481 e. The number of nitrogens with zero attached hydrogens (tertiary/aromatic N) is 4. The van der Waals surface area contributed by atoms with Crippen LogP contribution in [0.5, 0.6) is 0 Å². The van der Waals surface area contributed by atoms with Gasteiger partial charge in [-0.05, 0) is 6.07 Å². The molecular weight excluding hydrogens is 334 g/mol. The van der Waals surface area contributed by atoms with E-state index in [2.05, 4.69) is 21.3 Å². The summed E-state index contributed by atoms with van der Waals surface area (Å²) in [5.41, 5.74) is 2.20. The number of urea groups is 1. The molecule has 1 fully saturated rings. The molecule has 2 aromatic rings. The summed E-state index contributed by atoms with van der Waals surface area (Å²) in [6, 6.07) is 9.63. The molecule has 2 N–H and O–H groups in total. The van der Waals surface area contributed by atoms with Crippen LogP contribution in [0.4, 0.5) is 10.5 Å². The van der Waals surface area contributed by atoms with Gasteiger partial charge in [0.15, 0.2) is 0 Å². The Labute approximate surface area is 150 Å². The van der Waals surface area contributed by atoms with Crippen molar-refractivity contribution in [1.82, 2.24) is 15.2 Å². The summed E-state index contributed by atoms with van der Waals surface area (Å²) >= 11 is 0. The van der Waals surface area contributed by atoms with Crippen molar-refractivity contribution >= 4 is 28.6 Å². The zero-order valence-electron chi connectivity index (χ0n) is 14.2. The fourth-order valence-corrected chi connectivity index (χ4v) is 3.07. The van der Waals surface area contributed by atoms with Gasteiger partial charge in [-0.2, -0.15) is 5.26 Å². The maximum absolute atomic E-state index is 12.1. The molecule has 2 heterocycles. The summed E-state index contributed by atoms with van der Waals surface area (Å²) in [5, 5.41) is 21.6. The van der Waals surface area contributed by atoms with E-state index in [1.54, 1.807) is 11.1 Å². The van der Waals surface area contributed by atoms with E-state index >= 15 is 0 Å². The lowest BCUT2D eigenvalue weighted by molar-refractivity contribution is -0.136. The van der Waals surface area contributed by atoms with E-state index in [4.69, 9.17) is 5.11 Å². The van der Waals surface area contributed by atoms with Crippen LogP contribution in [0.3, 0.4) is 0 Å². The lowest BCUT2D eigenvalue weighted by Gasteiger charge is -2.36. The molecule has 1 aliphatic heterocycles. The number of pyridine rings is 1. The topological polar surface area (TPSA) is 110 Å². The van der Waals surface area contributed by atoms with Crippen LogP contribution < -0.4 is 10.2 Å². The Morgan fingerprint density at radius 1 is 1.23 bits per heavy atom. The summed E-state index contributed by atoms with van der Waals surface area (Å²) in [4.78, 5) is 30.7. The van der Waals surface area contributed by atoms with E-state index in [-0.39, 0.29) is 19.0 Å². The number of hydrogen-bond acceptors (Lipinski definition) is 5. The standard InChI is InChI=1S/C18H19N5O3/c19-11-13-12-21-15-4-2-1-3-14(15)17(13)22-7-9-23(10-8-22)18(26)20-6-5-16(24)25/h1-4,12H,5-10H2,(H,20,26)(H,24,25). The number of rotatable bonds is 4. The minimum atomic E-state index is -0.941. The third kappa shape index (κ3) is 3.67. The van der Waals surface area contributed by atoms with E-state index in [0.29, 0.717) is 31.7 Å². The smallest absolute Gasteiger partial charge is 0.317 e. The second-order valence-corrected chi connectivity index (χ2v) is 6.00. The Morgan fingerprint density at radius 2 is 1.96 bits per heavy atom. The molecule has 1 aromatic carbocycles. The highest BCUT2D eigenvalue weighted by atomic mass is 16.4. The molecule has 0 spiro atoms. The number of nitrogens with one attached hydrogen (secondary N) is 1. The number of carbonyl (C=O) groups is 2. The number of nitriles is 1. The molecule has 0 saturated carbocycles. The fraction of sp³-hybridized carbons (Fsp3) is 0.333. The SMILES string of the molecule is N#Cc1cnc2ccccc2c1N1CCN(C(=O)NCCC(=O)O)CC1. The molecule has 0 unspecified atom stereocenters. The molecule has 0 bridgehead atoms. The van der Waals surface area contributed by atoms with E-state index < -0.39 is 5.97 Å². The van der Waals surface area contributed by atoms with Crippen molar-refractivity contribution in [3.8, 4) is 6.07 Å². The molecule has 8 heteroatoms. The first-order valence-corrected chi connectivity index (χ1v) is 8.37. The monoisotopic (exact) mass is 353 g/mol. The van der Waals surface area contributed by atoms with Gasteiger partial charge in [0.2, 0.25) is 0 Å². The summed E-state index contributed by atoms with van der Waals surface area (Å²) in [5.74, 6) is -0.941. The molecule has 2 amide bonds. The Balaban J connectivity index is 1.71. The normalized spacial score (nSPS) is 14.1. The number of carboxylic acids is 1. The van der Waals surface area contributed by atoms with Crippen LogP contribution in [-0.4, -0.2) is 59.7 Å². The molecule has 1 aliphatic rings. The number of hydrogen-bond donors (Lipinski definition) is 2. The molecule has 8 nitrogen and oxygen atoms in total. The lowest BCUT2D eigenvalue weighted by atomic mass is 10.1. The first-order valence-electron chi connectivity index (χ1n) is 8.37. The molecule has 0 radical (unpaired) electrons. The number of carbonyl (C=O) groups excluding carboxylic acids is 1. The van der Waals surface area contributed by atoms with E-state index in [0.717, 1.165) is 16.6 Å². The van der Waals surface area contributed by atoms with Crippen LogP contribution in [0.15, 0.2) is 30.5 Å². The molecule has 1 saturated heterocycles. The molecule has 134 valence electrons. The summed E-state index contributed by atoms with van der Waals surface area (Å²) in [7, 11) is 0. The van der Waals surface area contributed by atoms with Crippen molar-refractivity contribution in [2.75, 3.05) is 37.6 Å². The predicted molar refractivity (Wildman–Crippen MR) is 95.9 cm³/mol. The summed E-state index contributed by atoms with van der Waals surface area (Å²) in [6.07, 6.45) is 1.49. The second kappa shape index (κ2) is 7.70. The van der Waals surface area contributed by atoms with Gasteiger partial charge in [0.05, 0.1) is 23.2 Å². The van der Waals surface area contributed by atoms with Crippen LogP contribution in [-0.2, 0) is 4.79 Å². The third-order valence-corrected chi connectivity index (χ3v) is 4.37. The minimum Gasteiger partial charge on any atom is -0.481 e. The Morgan fingerprint density at radius 3 is 2.65 bits per heavy atom. The number of benzene rings is 1. The van der Waals surface area contributed by atoms with Crippen molar-refractivity contribution in [3.05, 3.63) is 36.0 Å². The van der Waals surface area contributed by atoms with E-state index in [9.17, 15) is 14.9 Å². The molecule has 0 aliphatic carbocycles. The van der Waals surface area contributed by atoms with Gasteiger partial charge in [0, 0.05) is 44.3 Å². The van der Waals surface area contributed by atoms with Gasteiger partial charge in [-0.1, -0.05) is 18.2 Å². The number of aliphatic carboxylic acids is 1. The number of anilines is 1. The minimum absolute atomic E-state index is 0.0970. The van der Waals surface area contributed by atoms with Crippen molar-refractivity contribution in [1.29, 1.82) is 5.26 Å².